The van der Waals surface area contributed by atoms with Crippen molar-refractivity contribution in [1.82, 2.24) is 4.90 Å². The van der Waals surface area contributed by atoms with E-state index in [9.17, 15) is 4.79 Å². The van der Waals surface area contributed by atoms with Gasteiger partial charge in [0.15, 0.2) is 0 Å². The molecule has 1 N–H and O–H groups in total. The molecule has 0 spiro atoms. The normalized spacial score (nSPS) is 30.8. The summed E-state index contributed by atoms with van der Waals surface area (Å²) in [6, 6.07) is 0. The lowest BCUT2D eigenvalue weighted by atomic mass is 10.2. The van der Waals surface area contributed by atoms with Gasteiger partial charge in [0.05, 0.1) is 17.5 Å². The van der Waals surface area contributed by atoms with E-state index in [1.54, 1.807) is 16.7 Å². The Bertz CT molecular complexity index is 214. The minimum atomic E-state index is 0.115. The number of nitrogens with zero attached hydrogens (tertiary/aromatic N) is 1. The monoisotopic (exact) mass is 157 g/mol. The summed E-state index contributed by atoms with van der Waals surface area (Å²) in [6.45, 7) is 0. The zero-order valence-electron chi connectivity index (χ0n) is 5.28. The Hall–Kier alpha value is -0.640. The zero-order valence-corrected chi connectivity index (χ0v) is 6.10. The molecule has 4 heteroatoms. The van der Waals surface area contributed by atoms with Gasteiger partial charge in [0, 0.05) is 6.20 Å². The Labute approximate surface area is 62.7 Å². The molecule has 0 radical (unpaired) electrons. The summed E-state index contributed by atoms with van der Waals surface area (Å²) in [5, 5.41) is 9.30. The third-order valence-electron chi connectivity index (χ3n) is 1.66. The number of hydrogen-bond acceptors (Lipinski definition) is 3. The van der Waals surface area contributed by atoms with E-state index < -0.39 is 0 Å². The minimum Gasteiger partial charge on any atom is -0.510 e. The highest BCUT2D eigenvalue weighted by Gasteiger charge is 2.37. The number of aliphatic hydroxyl groups excluding tert-OH is 1. The van der Waals surface area contributed by atoms with Gasteiger partial charge in [-0.1, -0.05) is 0 Å². The molecule has 0 aromatic rings. The van der Waals surface area contributed by atoms with Crippen molar-refractivity contribution in [2.24, 2.45) is 0 Å². The van der Waals surface area contributed by atoms with Gasteiger partial charge in [-0.25, -0.2) is 0 Å². The predicted molar refractivity (Wildman–Crippen MR) is 38.4 cm³/mol. The van der Waals surface area contributed by atoms with Crippen molar-refractivity contribution in [2.75, 3.05) is 5.75 Å². The second kappa shape index (κ2) is 1.92. The molecule has 2 heterocycles. The molecule has 1 atom stereocenters. The number of thioether (sulfide) groups is 1. The van der Waals surface area contributed by atoms with Gasteiger partial charge < -0.3 is 10.0 Å². The first-order valence-electron chi connectivity index (χ1n) is 3.10. The van der Waals surface area contributed by atoms with Crippen molar-refractivity contribution in [3.05, 3.63) is 12.0 Å². The van der Waals surface area contributed by atoms with E-state index >= 15 is 0 Å². The van der Waals surface area contributed by atoms with Crippen molar-refractivity contribution >= 4 is 17.7 Å². The number of carbonyl (C=O) groups is 1. The molecule has 2 aliphatic heterocycles. The number of aliphatic hydroxyl groups is 1. The van der Waals surface area contributed by atoms with Crippen molar-refractivity contribution < 1.29 is 9.90 Å². The third kappa shape index (κ3) is 0.718. The Morgan fingerprint density at radius 3 is 3.20 bits per heavy atom. The molecule has 2 aliphatic rings. The largest absolute Gasteiger partial charge is 0.510 e. The molecule has 54 valence electrons. The quantitative estimate of drug-likeness (QED) is 0.526. The summed E-state index contributed by atoms with van der Waals surface area (Å²) in [6.07, 6.45) is 2.17. The molecule has 3 nitrogen and oxygen atoms in total. The molecule has 0 aromatic heterocycles. The van der Waals surface area contributed by atoms with Gasteiger partial charge in [-0.2, -0.15) is 0 Å². The molecule has 0 saturated carbocycles. The van der Waals surface area contributed by atoms with E-state index in [1.165, 1.54) is 6.20 Å². The maximum atomic E-state index is 10.8. The van der Waals surface area contributed by atoms with Crippen LogP contribution in [0.25, 0.3) is 0 Å². The molecule has 2 rings (SSSR count). The first-order valence-corrected chi connectivity index (χ1v) is 4.14. The van der Waals surface area contributed by atoms with Crippen molar-refractivity contribution in [3.8, 4) is 0 Å². The van der Waals surface area contributed by atoms with Gasteiger partial charge in [-0.15, -0.1) is 11.8 Å². The van der Waals surface area contributed by atoms with E-state index in [4.69, 9.17) is 5.11 Å². The highest BCUT2D eigenvalue weighted by Crippen LogP contribution is 2.34. The molecule has 1 amide bonds. The molecular formula is C6H7NO2S. The van der Waals surface area contributed by atoms with Crippen LogP contribution < -0.4 is 0 Å². The first-order chi connectivity index (χ1) is 4.77. The van der Waals surface area contributed by atoms with Crippen LogP contribution in [0.15, 0.2) is 12.0 Å². The zero-order chi connectivity index (χ0) is 7.14. The lowest BCUT2D eigenvalue weighted by Crippen LogP contribution is -2.49. The van der Waals surface area contributed by atoms with E-state index in [0.717, 1.165) is 0 Å². The molecular weight excluding hydrogens is 150 g/mol. The number of β-lactam (4-membered cyclic amide) rings is 1. The predicted octanol–water partition coefficient (Wildman–Crippen LogP) is 0.691. The number of amides is 1. The minimum absolute atomic E-state index is 0.115. The summed E-state index contributed by atoms with van der Waals surface area (Å²) in [5.41, 5.74) is 0. The molecule has 0 unspecified atom stereocenters. The molecule has 10 heavy (non-hydrogen) atoms. The maximum Gasteiger partial charge on any atom is 0.230 e. The molecule has 1 saturated heterocycles. The summed E-state index contributed by atoms with van der Waals surface area (Å²) < 4.78 is 0. The van der Waals surface area contributed by atoms with Crippen LogP contribution in [0.2, 0.25) is 0 Å². The summed E-state index contributed by atoms with van der Waals surface area (Å²) in [5.74, 6) is 1.06. The summed E-state index contributed by atoms with van der Waals surface area (Å²) >= 11 is 1.61. The van der Waals surface area contributed by atoms with Gasteiger partial charge in [0.25, 0.3) is 0 Å². The van der Waals surface area contributed by atoms with Crippen LogP contribution in [0.3, 0.4) is 0 Å². The number of carbonyl (C=O) groups excluding carboxylic acids is 1. The SMILES string of the molecule is O=C1C[C@@H]2SCC(O)=CN12. The molecule has 0 bridgehead atoms. The van der Waals surface area contributed by atoms with Gasteiger partial charge in [0.2, 0.25) is 5.91 Å². The van der Waals surface area contributed by atoms with Crippen molar-refractivity contribution in [3.63, 3.8) is 0 Å². The average molecular weight is 157 g/mol. The van der Waals surface area contributed by atoms with Gasteiger partial charge in [-0.3, -0.25) is 4.79 Å². The average Bonchev–Trinajstić information content (AvgIpc) is 1.92. The smallest absolute Gasteiger partial charge is 0.230 e. The lowest BCUT2D eigenvalue weighted by molar-refractivity contribution is -0.137. The van der Waals surface area contributed by atoms with Gasteiger partial charge in [-0.05, 0) is 0 Å². The highest BCUT2D eigenvalue weighted by atomic mass is 32.2. The second-order valence-corrected chi connectivity index (χ2v) is 3.56. The fraction of sp³-hybridized carbons (Fsp3) is 0.500. The fourth-order valence-corrected chi connectivity index (χ4v) is 2.11. The standard InChI is InChI=1S/C6H7NO2S/c8-4-2-7-5(9)1-6(7)10-3-4/h2,6,8H,1,3H2/t6-/m0/s1. The Morgan fingerprint density at radius 1 is 1.80 bits per heavy atom. The third-order valence-corrected chi connectivity index (χ3v) is 2.90. The van der Waals surface area contributed by atoms with E-state index in [0.29, 0.717) is 23.3 Å². The summed E-state index contributed by atoms with van der Waals surface area (Å²) in [4.78, 5) is 12.4. The van der Waals surface area contributed by atoms with E-state index in [1.807, 2.05) is 0 Å². The Morgan fingerprint density at radius 2 is 2.60 bits per heavy atom. The number of fused-ring (bicyclic) bond motifs is 1. The Balaban J connectivity index is 2.18. The van der Waals surface area contributed by atoms with Crippen LogP contribution in [-0.2, 0) is 4.79 Å². The van der Waals surface area contributed by atoms with Crippen LogP contribution >= 0.6 is 11.8 Å². The first kappa shape index (κ1) is 6.09. The van der Waals surface area contributed by atoms with Crippen molar-refractivity contribution in [1.29, 1.82) is 0 Å². The topological polar surface area (TPSA) is 40.5 Å². The summed E-state index contributed by atoms with van der Waals surface area (Å²) in [7, 11) is 0. The van der Waals surface area contributed by atoms with Crippen LogP contribution in [0.5, 0.6) is 0 Å². The van der Waals surface area contributed by atoms with Gasteiger partial charge >= 0.3 is 0 Å². The van der Waals surface area contributed by atoms with Crippen LogP contribution in [0, 0.1) is 0 Å². The van der Waals surface area contributed by atoms with Crippen LogP contribution in [0.4, 0.5) is 0 Å². The molecule has 0 aliphatic carbocycles. The van der Waals surface area contributed by atoms with Gasteiger partial charge in [0.1, 0.15) is 5.76 Å². The molecule has 1 fully saturated rings. The van der Waals surface area contributed by atoms with Crippen molar-refractivity contribution in [2.45, 2.75) is 11.8 Å². The second-order valence-electron chi connectivity index (χ2n) is 2.39. The van der Waals surface area contributed by atoms with Crippen LogP contribution in [-0.4, -0.2) is 27.0 Å². The lowest BCUT2D eigenvalue weighted by Gasteiger charge is -2.39. The fourth-order valence-electron chi connectivity index (χ4n) is 1.08. The van der Waals surface area contributed by atoms with Crippen LogP contribution in [0.1, 0.15) is 6.42 Å². The Kier molecular flexibility index (Phi) is 1.17. The number of rotatable bonds is 0. The highest BCUT2D eigenvalue weighted by molar-refractivity contribution is 8.00. The maximum absolute atomic E-state index is 10.8. The molecule has 0 aromatic carbocycles. The number of hydrogen-bond donors (Lipinski definition) is 1. The van der Waals surface area contributed by atoms with E-state index in [2.05, 4.69) is 0 Å². The van der Waals surface area contributed by atoms with E-state index in [-0.39, 0.29) is 5.91 Å².